The third kappa shape index (κ3) is 3.36. The van der Waals surface area contributed by atoms with Crippen LogP contribution >= 0.6 is 0 Å². The minimum atomic E-state index is -3.72. The molecule has 0 saturated carbocycles. The summed E-state index contributed by atoms with van der Waals surface area (Å²) < 4.78 is 39.7. The molecule has 19 heavy (non-hydrogen) atoms. The third-order valence-corrected chi connectivity index (χ3v) is 4.04. The second-order valence-electron chi connectivity index (χ2n) is 4.10. The maximum atomic E-state index is 13.4. The molecule has 1 heterocycles. The summed E-state index contributed by atoms with van der Waals surface area (Å²) in [6.45, 7) is 1.69. The van der Waals surface area contributed by atoms with E-state index < -0.39 is 15.8 Å². The first kappa shape index (κ1) is 13.6. The number of rotatable bonds is 4. The zero-order valence-corrected chi connectivity index (χ0v) is 11.1. The normalized spacial score (nSPS) is 11.5. The molecule has 0 fully saturated rings. The third-order valence-electron chi connectivity index (χ3n) is 2.64. The van der Waals surface area contributed by atoms with Crippen LogP contribution < -0.4 is 4.72 Å². The van der Waals surface area contributed by atoms with E-state index in [1.165, 1.54) is 12.1 Å². The summed E-state index contributed by atoms with van der Waals surface area (Å²) in [5.41, 5.74) is 1.14. The van der Waals surface area contributed by atoms with Gasteiger partial charge in [0, 0.05) is 18.9 Å². The molecule has 2 rings (SSSR count). The van der Waals surface area contributed by atoms with Crippen LogP contribution in [0.15, 0.2) is 47.6 Å². The van der Waals surface area contributed by atoms with Gasteiger partial charge in [-0.05, 0) is 36.2 Å². The molecule has 0 atom stereocenters. The van der Waals surface area contributed by atoms with E-state index in [2.05, 4.69) is 9.71 Å². The number of pyridine rings is 1. The highest BCUT2D eigenvalue weighted by Crippen LogP contribution is 2.14. The van der Waals surface area contributed by atoms with Crippen LogP contribution in [0.3, 0.4) is 0 Å². The van der Waals surface area contributed by atoms with Gasteiger partial charge in [0.15, 0.2) is 0 Å². The number of hydrogen-bond donors (Lipinski definition) is 1. The van der Waals surface area contributed by atoms with E-state index in [-0.39, 0.29) is 11.4 Å². The van der Waals surface area contributed by atoms with Crippen LogP contribution in [0.25, 0.3) is 0 Å². The van der Waals surface area contributed by atoms with E-state index in [0.29, 0.717) is 5.56 Å². The van der Waals surface area contributed by atoms with E-state index in [4.69, 9.17) is 0 Å². The predicted octanol–water partition coefficient (Wildman–Crippen LogP) is 2.01. The summed E-state index contributed by atoms with van der Waals surface area (Å²) in [6, 6.07) is 7.30. The van der Waals surface area contributed by atoms with Gasteiger partial charge in [-0.3, -0.25) is 4.98 Å². The van der Waals surface area contributed by atoms with Crippen molar-refractivity contribution >= 4 is 10.0 Å². The molecule has 0 bridgehead atoms. The molecular weight excluding hydrogens is 267 g/mol. The predicted molar refractivity (Wildman–Crippen MR) is 69.4 cm³/mol. The molecule has 0 saturated heterocycles. The number of aryl methyl sites for hydroxylation is 1. The van der Waals surface area contributed by atoms with Gasteiger partial charge in [-0.15, -0.1) is 0 Å². The van der Waals surface area contributed by atoms with Gasteiger partial charge >= 0.3 is 0 Å². The highest BCUT2D eigenvalue weighted by Gasteiger charge is 2.15. The van der Waals surface area contributed by atoms with Crippen molar-refractivity contribution in [2.24, 2.45) is 0 Å². The van der Waals surface area contributed by atoms with Crippen molar-refractivity contribution in [3.8, 4) is 0 Å². The fraction of sp³-hybridized carbons (Fsp3) is 0.154. The lowest BCUT2D eigenvalue weighted by atomic mass is 10.2. The van der Waals surface area contributed by atoms with Crippen molar-refractivity contribution < 1.29 is 12.8 Å². The molecule has 4 nitrogen and oxygen atoms in total. The Bertz CT molecular complexity index is 672. The molecule has 1 N–H and O–H groups in total. The lowest BCUT2D eigenvalue weighted by Gasteiger charge is -2.07. The van der Waals surface area contributed by atoms with E-state index in [0.717, 1.165) is 11.6 Å². The van der Waals surface area contributed by atoms with Gasteiger partial charge in [0.25, 0.3) is 0 Å². The van der Waals surface area contributed by atoms with E-state index >= 15 is 0 Å². The minimum absolute atomic E-state index is 0.0838. The topological polar surface area (TPSA) is 59.1 Å². The number of halogens is 1. The molecule has 1 aromatic carbocycles. The zero-order valence-electron chi connectivity index (χ0n) is 10.3. The van der Waals surface area contributed by atoms with Crippen molar-refractivity contribution in [3.63, 3.8) is 0 Å². The smallest absolute Gasteiger partial charge is 0.240 e. The van der Waals surface area contributed by atoms with Gasteiger partial charge in [0.2, 0.25) is 10.0 Å². The fourth-order valence-corrected chi connectivity index (χ4v) is 2.53. The Morgan fingerprint density at radius 2 is 2.11 bits per heavy atom. The summed E-state index contributed by atoms with van der Waals surface area (Å²) in [6.07, 6.45) is 3.17. The molecule has 2 aromatic rings. The molecule has 0 radical (unpaired) electrons. The maximum Gasteiger partial charge on any atom is 0.240 e. The van der Waals surface area contributed by atoms with Gasteiger partial charge in [-0.1, -0.05) is 12.1 Å². The molecule has 1 aromatic heterocycles. The Morgan fingerprint density at radius 1 is 1.32 bits per heavy atom. The van der Waals surface area contributed by atoms with Gasteiger partial charge < -0.3 is 0 Å². The van der Waals surface area contributed by atoms with Crippen LogP contribution in [0.2, 0.25) is 0 Å². The van der Waals surface area contributed by atoms with Crippen LogP contribution in [0, 0.1) is 12.7 Å². The Balaban J connectivity index is 2.16. The first-order valence-corrected chi connectivity index (χ1v) is 7.12. The summed E-state index contributed by atoms with van der Waals surface area (Å²) in [5, 5.41) is 0. The van der Waals surface area contributed by atoms with Crippen molar-refractivity contribution in [1.82, 2.24) is 9.71 Å². The Kier molecular flexibility index (Phi) is 3.92. The first-order valence-electron chi connectivity index (χ1n) is 5.64. The van der Waals surface area contributed by atoms with Crippen LogP contribution in [0.1, 0.15) is 11.1 Å². The van der Waals surface area contributed by atoms with Crippen molar-refractivity contribution in [2.45, 2.75) is 18.4 Å². The number of benzene rings is 1. The molecular formula is C13H13FN2O2S. The first-order chi connectivity index (χ1) is 8.99. The van der Waals surface area contributed by atoms with Gasteiger partial charge in [-0.2, -0.15) is 0 Å². The van der Waals surface area contributed by atoms with Gasteiger partial charge in [0.05, 0.1) is 4.90 Å². The number of sulfonamides is 1. The van der Waals surface area contributed by atoms with Crippen LogP contribution in [-0.2, 0) is 16.6 Å². The summed E-state index contributed by atoms with van der Waals surface area (Å²) in [5.74, 6) is -0.538. The van der Waals surface area contributed by atoms with Gasteiger partial charge in [-0.25, -0.2) is 17.5 Å². The van der Waals surface area contributed by atoms with Crippen molar-refractivity contribution in [3.05, 3.63) is 59.7 Å². The Morgan fingerprint density at radius 3 is 2.74 bits per heavy atom. The summed E-state index contributed by atoms with van der Waals surface area (Å²) in [7, 11) is -3.72. The lowest BCUT2D eigenvalue weighted by Crippen LogP contribution is -2.23. The number of aromatic nitrogens is 1. The standard InChI is InChI=1S/C13H13FN2O2S/c1-10-4-5-12(7-13(10)14)19(17,18)16-9-11-3-2-6-15-8-11/h2-8,16H,9H2,1H3. The number of nitrogens with zero attached hydrogens (tertiary/aromatic N) is 1. The molecule has 0 aliphatic carbocycles. The molecule has 0 spiro atoms. The maximum absolute atomic E-state index is 13.4. The second kappa shape index (κ2) is 5.46. The van der Waals surface area contributed by atoms with Gasteiger partial charge in [0.1, 0.15) is 5.82 Å². The molecule has 0 unspecified atom stereocenters. The zero-order chi connectivity index (χ0) is 13.9. The average Bonchev–Trinajstić information content (AvgIpc) is 2.41. The van der Waals surface area contributed by atoms with E-state index in [9.17, 15) is 12.8 Å². The van der Waals surface area contributed by atoms with Crippen LogP contribution in [0.5, 0.6) is 0 Å². The molecule has 100 valence electrons. The SMILES string of the molecule is Cc1ccc(S(=O)(=O)NCc2cccnc2)cc1F. The average molecular weight is 280 g/mol. The van der Waals surface area contributed by atoms with Crippen molar-refractivity contribution in [1.29, 1.82) is 0 Å². The Labute approximate surface area is 111 Å². The van der Waals surface area contributed by atoms with Crippen LogP contribution in [-0.4, -0.2) is 13.4 Å². The number of hydrogen-bond acceptors (Lipinski definition) is 3. The molecule has 0 aliphatic heterocycles. The summed E-state index contributed by atoms with van der Waals surface area (Å²) in [4.78, 5) is 3.81. The second-order valence-corrected chi connectivity index (χ2v) is 5.86. The summed E-state index contributed by atoms with van der Waals surface area (Å²) >= 11 is 0. The fourth-order valence-electron chi connectivity index (χ4n) is 1.51. The highest BCUT2D eigenvalue weighted by atomic mass is 32.2. The molecule has 0 amide bonds. The highest BCUT2D eigenvalue weighted by molar-refractivity contribution is 7.89. The quantitative estimate of drug-likeness (QED) is 0.932. The van der Waals surface area contributed by atoms with Crippen molar-refractivity contribution in [2.75, 3.05) is 0 Å². The van der Waals surface area contributed by atoms with E-state index in [1.807, 2.05) is 0 Å². The minimum Gasteiger partial charge on any atom is -0.264 e. The monoisotopic (exact) mass is 280 g/mol. The Hall–Kier alpha value is -1.79. The number of nitrogens with one attached hydrogen (secondary N) is 1. The lowest BCUT2D eigenvalue weighted by molar-refractivity contribution is 0.576. The molecule has 6 heteroatoms. The van der Waals surface area contributed by atoms with Crippen LogP contribution in [0.4, 0.5) is 4.39 Å². The van der Waals surface area contributed by atoms with E-state index in [1.54, 1.807) is 31.5 Å². The molecule has 0 aliphatic rings. The largest absolute Gasteiger partial charge is 0.264 e.